The predicted molar refractivity (Wildman–Crippen MR) is 97.9 cm³/mol. The van der Waals surface area contributed by atoms with Crippen molar-refractivity contribution in [3.63, 3.8) is 0 Å². The summed E-state index contributed by atoms with van der Waals surface area (Å²) in [5.41, 5.74) is 3.76. The van der Waals surface area contributed by atoms with E-state index in [1.165, 1.54) is 0 Å². The standard InChI is InChI=1S/C21H15BrO/c22-20-13-7-4-10-17(20)14-15-21(23)19-12-6-5-11-18(19)16-8-2-1-3-9-16/h1-13,21,23H. The second-order valence-corrected chi connectivity index (χ2v) is 5.96. The molecule has 0 radical (unpaired) electrons. The van der Waals surface area contributed by atoms with Gasteiger partial charge in [0.25, 0.3) is 0 Å². The zero-order valence-electron chi connectivity index (χ0n) is 12.4. The fourth-order valence-electron chi connectivity index (χ4n) is 2.40. The van der Waals surface area contributed by atoms with Gasteiger partial charge in [0.15, 0.2) is 0 Å². The smallest absolute Gasteiger partial charge is 0.141 e. The van der Waals surface area contributed by atoms with Crippen molar-refractivity contribution in [1.82, 2.24) is 0 Å². The van der Waals surface area contributed by atoms with E-state index in [1.807, 2.05) is 78.9 Å². The Hall–Kier alpha value is -2.34. The Morgan fingerprint density at radius 2 is 1.43 bits per heavy atom. The van der Waals surface area contributed by atoms with Gasteiger partial charge in [-0.1, -0.05) is 78.6 Å². The van der Waals surface area contributed by atoms with Crippen LogP contribution in [0.4, 0.5) is 0 Å². The molecule has 0 heterocycles. The monoisotopic (exact) mass is 362 g/mol. The first-order valence-electron chi connectivity index (χ1n) is 7.34. The number of hydrogen-bond donors (Lipinski definition) is 1. The van der Waals surface area contributed by atoms with E-state index < -0.39 is 6.10 Å². The molecule has 1 nitrogen and oxygen atoms in total. The highest BCUT2D eigenvalue weighted by Crippen LogP contribution is 2.28. The van der Waals surface area contributed by atoms with Gasteiger partial charge in [0, 0.05) is 15.6 Å². The number of benzene rings is 3. The van der Waals surface area contributed by atoms with Crippen LogP contribution >= 0.6 is 15.9 Å². The molecular weight excluding hydrogens is 348 g/mol. The largest absolute Gasteiger partial charge is 0.376 e. The van der Waals surface area contributed by atoms with Crippen molar-refractivity contribution in [2.24, 2.45) is 0 Å². The van der Waals surface area contributed by atoms with Gasteiger partial charge in [-0.25, -0.2) is 0 Å². The summed E-state index contributed by atoms with van der Waals surface area (Å²) in [6, 6.07) is 25.6. The molecule has 3 rings (SSSR count). The fraction of sp³-hybridized carbons (Fsp3) is 0.0476. The Kier molecular flexibility index (Phi) is 4.92. The van der Waals surface area contributed by atoms with Gasteiger partial charge in [-0.2, -0.15) is 0 Å². The molecule has 0 aliphatic rings. The Balaban J connectivity index is 1.96. The summed E-state index contributed by atoms with van der Waals surface area (Å²) < 4.78 is 0.927. The van der Waals surface area contributed by atoms with E-state index in [2.05, 4.69) is 27.8 Å². The van der Waals surface area contributed by atoms with Crippen LogP contribution in [0.2, 0.25) is 0 Å². The molecule has 112 valence electrons. The second-order valence-electron chi connectivity index (χ2n) is 5.10. The lowest BCUT2D eigenvalue weighted by Crippen LogP contribution is -1.97. The summed E-state index contributed by atoms with van der Waals surface area (Å²) >= 11 is 3.47. The van der Waals surface area contributed by atoms with Gasteiger partial charge < -0.3 is 5.11 Å². The van der Waals surface area contributed by atoms with Gasteiger partial charge in [0.1, 0.15) is 6.10 Å². The average Bonchev–Trinajstić information content (AvgIpc) is 2.61. The van der Waals surface area contributed by atoms with E-state index in [0.29, 0.717) is 0 Å². The van der Waals surface area contributed by atoms with Gasteiger partial charge in [-0.15, -0.1) is 0 Å². The summed E-state index contributed by atoms with van der Waals surface area (Å²) in [5, 5.41) is 10.5. The third kappa shape index (κ3) is 3.71. The van der Waals surface area contributed by atoms with Gasteiger partial charge in [0.2, 0.25) is 0 Å². The van der Waals surface area contributed by atoms with Crippen molar-refractivity contribution in [2.75, 3.05) is 0 Å². The molecule has 0 saturated heterocycles. The third-order valence-electron chi connectivity index (χ3n) is 3.56. The summed E-state index contributed by atoms with van der Waals surface area (Å²) in [6.07, 6.45) is -0.835. The van der Waals surface area contributed by atoms with E-state index >= 15 is 0 Å². The SMILES string of the molecule is OC(C#Cc1ccccc1Br)c1ccccc1-c1ccccc1. The van der Waals surface area contributed by atoms with Crippen LogP contribution in [-0.4, -0.2) is 5.11 Å². The number of aliphatic hydroxyl groups excluding tert-OH is 1. The quantitative estimate of drug-likeness (QED) is 0.621. The predicted octanol–water partition coefficient (Wildman–Crippen LogP) is 5.20. The molecule has 3 aromatic rings. The van der Waals surface area contributed by atoms with Crippen LogP contribution in [0, 0.1) is 11.8 Å². The first-order valence-corrected chi connectivity index (χ1v) is 8.13. The summed E-state index contributed by atoms with van der Waals surface area (Å²) in [4.78, 5) is 0. The molecule has 2 heteroatoms. The Bertz CT molecular complexity index is 860. The maximum absolute atomic E-state index is 10.5. The van der Waals surface area contributed by atoms with Gasteiger partial charge in [-0.3, -0.25) is 0 Å². The van der Waals surface area contributed by atoms with Crippen molar-refractivity contribution in [2.45, 2.75) is 6.10 Å². The Morgan fingerprint density at radius 1 is 0.783 bits per heavy atom. The molecule has 0 spiro atoms. The molecule has 0 aliphatic carbocycles. The van der Waals surface area contributed by atoms with Crippen LogP contribution in [0.15, 0.2) is 83.3 Å². The van der Waals surface area contributed by atoms with E-state index in [-0.39, 0.29) is 0 Å². The minimum absolute atomic E-state index is 0.818. The zero-order chi connectivity index (χ0) is 16.1. The Labute approximate surface area is 144 Å². The summed E-state index contributed by atoms with van der Waals surface area (Å²) in [7, 11) is 0. The van der Waals surface area contributed by atoms with Crippen LogP contribution in [-0.2, 0) is 0 Å². The Morgan fingerprint density at radius 3 is 2.22 bits per heavy atom. The second kappa shape index (κ2) is 7.28. The molecule has 1 N–H and O–H groups in total. The topological polar surface area (TPSA) is 20.2 Å². The van der Waals surface area contributed by atoms with Crippen LogP contribution in [0.1, 0.15) is 17.2 Å². The molecule has 23 heavy (non-hydrogen) atoms. The highest BCUT2D eigenvalue weighted by Gasteiger charge is 2.10. The first-order chi connectivity index (χ1) is 11.3. The van der Waals surface area contributed by atoms with Crippen molar-refractivity contribution < 1.29 is 5.11 Å². The van der Waals surface area contributed by atoms with Crippen LogP contribution < -0.4 is 0 Å². The maximum Gasteiger partial charge on any atom is 0.141 e. The normalized spacial score (nSPS) is 11.4. The minimum atomic E-state index is -0.835. The van der Waals surface area contributed by atoms with Crippen LogP contribution in [0.3, 0.4) is 0 Å². The molecule has 0 aromatic heterocycles. The van der Waals surface area contributed by atoms with E-state index in [0.717, 1.165) is 26.7 Å². The summed E-state index contributed by atoms with van der Waals surface area (Å²) in [5.74, 6) is 5.98. The number of halogens is 1. The van der Waals surface area contributed by atoms with Gasteiger partial charge in [0.05, 0.1) is 0 Å². The minimum Gasteiger partial charge on any atom is -0.376 e. The maximum atomic E-state index is 10.5. The lowest BCUT2D eigenvalue weighted by molar-refractivity contribution is 0.239. The highest BCUT2D eigenvalue weighted by molar-refractivity contribution is 9.10. The van der Waals surface area contributed by atoms with E-state index in [4.69, 9.17) is 0 Å². The van der Waals surface area contributed by atoms with Crippen molar-refractivity contribution in [3.8, 4) is 23.0 Å². The first kappa shape index (κ1) is 15.6. The van der Waals surface area contributed by atoms with Crippen LogP contribution in [0.25, 0.3) is 11.1 Å². The zero-order valence-corrected chi connectivity index (χ0v) is 14.0. The molecule has 1 atom stereocenters. The molecule has 0 aliphatic heterocycles. The molecule has 0 fully saturated rings. The van der Waals surface area contributed by atoms with Crippen molar-refractivity contribution >= 4 is 15.9 Å². The van der Waals surface area contributed by atoms with Crippen molar-refractivity contribution in [1.29, 1.82) is 0 Å². The lowest BCUT2D eigenvalue weighted by Gasteiger charge is -2.11. The van der Waals surface area contributed by atoms with Gasteiger partial charge in [-0.05, 0) is 39.2 Å². The fourth-order valence-corrected chi connectivity index (χ4v) is 2.79. The molecule has 1 unspecified atom stereocenters. The van der Waals surface area contributed by atoms with Gasteiger partial charge >= 0.3 is 0 Å². The summed E-state index contributed by atoms with van der Waals surface area (Å²) in [6.45, 7) is 0. The van der Waals surface area contributed by atoms with E-state index in [9.17, 15) is 5.11 Å². The van der Waals surface area contributed by atoms with E-state index in [1.54, 1.807) is 0 Å². The molecule has 0 saturated carbocycles. The van der Waals surface area contributed by atoms with Crippen molar-refractivity contribution in [3.05, 3.63) is 94.5 Å². The third-order valence-corrected chi connectivity index (χ3v) is 4.25. The number of aliphatic hydroxyl groups is 1. The molecule has 3 aromatic carbocycles. The molecule has 0 amide bonds. The average molecular weight is 363 g/mol. The molecule has 0 bridgehead atoms. The number of hydrogen-bond acceptors (Lipinski definition) is 1. The highest BCUT2D eigenvalue weighted by atomic mass is 79.9. The lowest BCUT2D eigenvalue weighted by atomic mass is 9.96. The molecular formula is C21H15BrO. The van der Waals surface area contributed by atoms with Crippen LogP contribution in [0.5, 0.6) is 0 Å². The number of rotatable bonds is 2.